The number of anilines is 1. The van der Waals surface area contributed by atoms with Gasteiger partial charge in [0, 0.05) is 12.4 Å². The van der Waals surface area contributed by atoms with Gasteiger partial charge in [-0.3, -0.25) is 10.8 Å². The number of nitrogens with zero attached hydrogens (tertiary/aromatic N) is 1. The van der Waals surface area contributed by atoms with Gasteiger partial charge in [-0.1, -0.05) is 13.8 Å². The van der Waals surface area contributed by atoms with Crippen molar-refractivity contribution < 1.29 is 0 Å². The zero-order valence-electron chi connectivity index (χ0n) is 6.33. The number of hydrogen-bond donors (Lipinski definition) is 2. The van der Waals surface area contributed by atoms with Crippen LogP contribution in [-0.4, -0.2) is 4.98 Å². The Kier molecular flexibility index (Phi) is 5.38. The van der Waals surface area contributed by atoms with Gasteiger partial charge in [0.05, 0.1) is 5.69 Å². The van der Waals surface area contributed by atoms with Crippen molar-refractivity contribution in [2.75, 3.05) is 5.43 Å². The summed E-state index contributed by atoms with van der Waals surface area (Å²) in [5.41, 5.74) is 3.36. The lowest BCUT2D eigenvalue weighted by Crippen LogP contribution is -2.05. The first-order valence-corrected chi connectivity index (χ1v) is 3.30. The Labute approximate surface area is 61.2 Å². The van der Waals surface area contributed by atoms with E-state index in [1.165, 1.54) is 0 Å². The minimum Gasteiger partial charge on any atom is -0.324 e. The molecular formula is C7H13N3. The molecule has 56 valence electrons. The topological polar surface area (TPSA) is 50.9 Å². The lowest BCUT2D eigenvalue weighted by atomic mass is 10.4. The summed E-state index contributed by atoms with van der Waals surface area (Å²) in [4.78, 5) is 3.80. The minimum atomic E-state index is 0.875. The Morgan fingerprint density at radius 2 is 1.80 bits per heavy atom. The maximum atomic E-state index is 5.07. The van der Waals surface area contributed by atoms with E-state index in [1.807, 2.05) is 13.8 Å². The molecule has 0 aliphatic rings. The van der Waals surface area contributed by atoms with Crippen molar-refractivity contribution in [1.29, 1.82) is 0 Å². The predicted octanol–water partition coefficient (Wildman–Crippen LogP) is 1.39. The van der Waals surface area contributed by atoms with E-state index >= 15 is 0 Å². The third-order valence-corrected chi connectivity index (χ3v) is 0.847. The van der Waals surface area contributed by atoms with Gasteiger partial charge in [0.25, 0.3) is 0 Å². The highest BCUT2D eigenvalue weighted by Crippen LogP contribution is 1.98. The van der Waals surface area contributed by atoms with Gasteiger partial charge < -0.3 is 5.43 Å². The molecule has 0 fully saturated rings. The van der Waals surface area contributed by atoms with Gasteiger partial charge >= 0.3 is 0 Å². The zero-order chi connectivity index (χ0) is 7.82. The number of aromatic nitrogens is 1. The lowest BCUT2D eigenvalue weighted by molar-refractivity contribution is 1.28. The molecule has 0 atom stereocenters. The Bertz CT molecular complexity index is 150. The van der Waals surface area contributed by atoms with Crippen molar-refractivity contribution in [3.63, 3.8) is 0 Å². The summed E-state index contributed by atoms with van der Waals surface area (Å²) in [5.74, 6) is 5.07. The summed E-state index contributed by atoms with van der Waals surface area (Å²) in [6, 6.07) is 3.58. The maximum Gasteiger partial charge on any atom is 0.0515 e. The quantitative estimate of drug-likeness (QED) is 0.456. The first kappa shape index (κ1) is 8.91. The van der Waals surface area contributed by atoms with Crippen LogP contribution >= 0.6 is 0 Å². The molecule has 3 N–H and O–H groups in total. The number of nitrogen functional groups attached to an aromatic ring is 1. The van der Waals surface area contributed by atoms with Crippen molar-refractivity contribution in [3.8, 4) is 0 Å². The fraction of sp³-hybridized carbons (Fsp3) is 0.286. The molecule has 0 saturated heterocycles. The predicted molar refractivity (Wildman–Crippen MR) is 43.4 cm³/mol. The number of nitrogens with two attached hydrogens (primary N) is 1. The van der Waals surface area contributed by atoms with Crippen LogP contribution in [0.15, 0.2) is 24.5 Å². The average Bonchev–Trinajstić information content (AvgIpc) is 2.10. The number of nitrogens with one attached hydrogen (secondary N) is 1. The molecule has 1 aromatic heterocycles. The van der Waals surface area contributed by atoms with Gasteiger partial charge in [0.2, 0.25) is 0 Å². The van der Waals surface area contributed by atoms with E-state index in [0.717, 1.165) is 5.69 Å². The van der Waals surface area contributed by atoms with Crippen LogP contribution in [0.4, 0.5) is 5.69 Å². The molecular weight excluding hydrogens is 126 g/mol. The van der Waals surface area contributed by atoms with Crippen molar-refractivity contribution in [2.45, 2.75) is 13.8 Å². The van der Waals surface area contributed by atoms with Crippen molar-refractivity contribution in [1.82, 2.24) is 4.98 Å². The van der Waals surface area contributed by atoms with Crippen LogP contribution in [-0.2, 0) is 0 Å². The summed E-state index contributed by atoms with van der Waals surface area (Å²) in [7, 11) is 0. The average molecular weight is 139 g/mol. The van der Waals surface area contributed by atoms with Crippen molar-refractivity contribution >= 4 is 5.69 Å². The van der Waals surface area contributed by atoms with E-state index in [-0.39, 0.29) is 0 Å². The second-order valence-electron chi connectivity index (χ2n) is 1.38. The van der Waals surface area contributed by atoms with Gasteiger partial charge in [-0.15, -0.1) is 0 Å². The van der Waals surface area contributed by atoms with E-state index in [1.54, 1.807) is 24.5 Å². The third-order valence-electron chi connectivity index (χ3n) is 0.847. The van der Waals surface area contributed by atoms with Crippen LogP contribution in [0.5, 0.6) is 0 Å². The first-order chi connectivity index (χ1) is 4.93. The fourth-order valence-electron chi connectivity index (χ4n) is 0.448. The highest BCUT2D eigenvalue weighted by Gasteiger charge is 1.79. The summed E-state index contributed by atoms with van der Waals surface area (Å²) >= 11 is 0. The largest absolute Gasteiger partial charge is 0.324 e. The van der Waals surface area contributed by atoms with Gasteiger partial charge in [0.15, 0.2) is 0 Å². The number of hydrogen-bond acceptors (Lipinski definition) is 3. The van der Waals surface area contributed by atoms with Gasteiger partial charge in [0.1, 0.15) is 0 Å². The Hall–Kier alpha value is -1.09. The van der Waals surface area contributed by atoms with Crippen LogP contribution in [0.25, 0.3) is 0 Å². The molecule has 0 unspecified atom stereocenters. The number of rotatable bonds is 1. The molecule has 0 saturated carbocycles. The standard InChI is InChI=1S/C5H7N3.C2H6/c6-8-5-1-3-7-4-2-5;1-2/h1-4H,6H2,(H,7,8);1-2H3. The maximum absolute atomic E-state index is 5.07. The summed E-state index contributed by atoms with van der Waals surface area (Å²) in [6.07, 6.45) is 3.35. The lowest BCUT2D eigenvalue weighted by Gasteiger charge is -1.93. The van der Waals surface area contributed by atoms with Crippen LogP contribution < -0.4 is 11.3 Å². The van der Waals surface area contributed by atoms with E-state index in [0.29, 0.717) is 0 Å². The normalized spacial score (nSPS) is 7.50. The Balaban J connectivity index is 0.000000371. The van der Waals surface area contributed by atoms with E-state index in [4.69, 9.17) is 5.84 Å². The monoisotopic (exact) mass is 139 g/mol. The van der Waals surface area contributed by atoms with E-state index in [9.17, 15) is 0 Å². The minimum absolute atomic E-state index is 0.875. The highest BCUT2D eigenvalue weighted by atomic mass is 15.2. The first-order valence-electron chi connectivity index (χ1n) is 3.30. The van der Waals surface area contributed by atoms with Gasteiger partial charge in [-0.25, -0.2) is 0 Å². The summed E-state index contributed by atoms with van der Waals surface area (Å²) in [6.45, 7) is 4.00. The fourth-order valence-corrected chi connectivity index (χ4v) is 0.448. The molecule has 0 amide bonds. The van der Waals surface area contributed by atoms with Crippen LogP contribution in [0.3, 0.4) is 0 Å². The molecule has 3 heteroatoms. The van der Waals surface area contributed by atoms with Crippen molar-refractivity contribution in [3.05, 3.63) is 24.5 Å². The zero-order valence-corrected chi connectivity index (χ0v) is 6.33. The van der Waals surface area contributed by atoms with Crippen molar-refractivity contribution in [2.24, 2.45) is 5.84 Å². The Morgan fingerprint density at radius 1 is 1.30 bits per heavy atom. The Morgan fingerprint density at radius 3 is 2.10 bits per heavy atom. The highest BCUT2D eigenvalue weighted by molar-refractivity contribution is 5.38. The number of pyridine rings is 1. The van der Waals surface area contributed by atoms with Gasteiger partial charge in [-0.05, 0) is 12.1 Å². The molecule has 1 rings (SSSR count). The number of hydrazine groups is 1. The molecule has 0 aliphatic heterocycles. The summed E-state index contributed by atoms with van der Waals surface area (Å²) < 4.78 is 0. The van der Waals surface area contributed by atoms with E-state index < -0.39 is 0 Å². The molecule has 0 spiro atoms. The second-order valence-corrected chi connectivity index (χ2v) is 1.38. The van der Waals surface area contributed by atoms with Crippen LogP contribution in [0.2, 0.25) is 0 Å². The molecule has 3 nitrogen and oxygen atoms in total. The second kappa shape index (κ2) is 6.04. The molecule has 0 aliphatic carbocycles. The van der Waals surface area contributed by atoms with Gasteiger partial charge in [-0.2, -0.15) is 0 Å². The molecule has 0 bridgehead atoms. The third kappa shape index (κ3) is 3.04. The van der Waals surface area contributed by atoms with E-state index in [2.05, 4.69) is 10.4 Å². The molecule has 1 aromatic rings. The SMILES string of the molecule is CC.NNc1ccncc1. The molecule has 0 radical (unpaired) electrons. The summed E-state index contributed by atoms with van der Waals surface area (Å²) in [5, 5.41) is 0. The van der Waals surface area contributed by atoms with Crippen LogP contribution in [0.1, 0.15) is 13.8 Å². The molecule has 1 heterocycles. The smallest absolute Gasteiger partial charge is 0.0515 e. The molecule has 0 aromatic carbocycles. The molecule has 10 heavy (non-hydrogen) atoms. The van der Waals surface area contributed by atoms with Crippen LogP contribution in [0, 0.1) is 0 Å².